The van der Waals surface area contributed by atoms with E-state index in [1.54, 1.807) is 6.20 Å². The lowest BCUT2D eigenvalue weighted by Gasteiger charge is -2.12. The molecule has 1 aromatic carbocycles. The summed E-state index contributed by atoms with van der Waals surface area (Å²) in [6.07, 6.45) is 2.62. The number of anilines is 3. The van der Waals surface area contributed by atoms with E-state index in [9.17, 15) is 0 Å². The number of aromatic nitrogens is 3. The summed E-state index contributed by atoms with van der Waals surface area (Å²) in [4.78, 5) is 4.38. The molecule has 2 aromatic rings. The molecule has 1 aromatic heterocycles. The molecular formula is C14H17N5O2. The molecule has 1 atom stereocenters. The van der Waals surface area contributed by atoms with Crippen LogP contribution in [0.5, 0.6) is 11.5 Å². The van der Waals surface area contributed by atoms with Gasteiger partial charge in [0.15, 0.2) is 17.3 Å². The van der Waals surface area contributed by atoms with Crippen LogP contribution in [0.3, 0.4) is 0 Å². The number of hydrogen-bond acceptors (Lipinski definition) is 7. The summed E-state index contributed by atoms with van der Waals surface area (Å²) < 4.78 is 10.6. The Morgan fingerprint density at radius 3 is 3.00 bits per heavy atom. The minimum absolute atomic E-state index is 0.255. The first kappa shape index (κ1) is 13.4. The SMILES string of the molecule is CCC(C)Nc1cnnc(Nc2ccc3c(c2)OCO3)n1. The van der Waals surface area contributed by atoms with Gasteiger partial charge in [-0.3, -0.25) is 0 Å². The summed E-state index contributed by atoms with van der Waals surface area (Å²) in [5.41, 5.74) is 0.821. The van der Waals surface area contributed by atoms with Crippen LogP contribution in [0, 0.1) is 0 Å². The van der Waals surface area contributed by atoms with Crippen LogP contribution in [0.2, 0.25) is 0 Å². The lowest BCUT2D eigenvalue weighted by Crippen LogP contribution is -2.15. The van der Waals surface area contributed by atoms with Crippen LogP contribution in [0.4, 0.5) is 17.5 Å². The molecule has 7 nitrogen and oxygen atoms in total. The van der Waals surface area contributed by atoms with Gasteiger partial charge in [0, 0.05) is 17.8 Å². The third kappa shape index (κ3) is 3.13. The highest BCUT2D eigenvalue weighted by Gasteiger charge is 2.13. The largest absolute Gasteiger partial charge is 0.454 e. The van der Waals surface area contributed by atoms with Gasteiger partial charge in [-0.25, -0.2) is 0 Å². The topological polar surface area (TPSA) is 81.2 Å². The van der Waals surface area contributed by atoms with E-state index in [4.69, 9.17) is 9.47 Å². The summed E-state index contributed by atoms with van der Waals surface area (Å²) in [5.74, 6) is 2.58. The van der Waals surface area contributed by atoms with E-state index >= 15 is 0 Å². The highest BCUT2D eigenvalue weighted by molar-refractivity contribution is 5.60. The summed E-state index contributed by atoms with van der Waals surface area (Å²) in [6, 6.07) is 5.91. The molecule has 1 aliphatic rings. The Labute approximate surface area is 122 Å². The molecule has 0 amide bonds. The van der Waals surface area contributed by atoms with E-state index in [0.717, 1.165) is 17.9 Å². The second-order valence-electron chi connectivity index (χ2n) is 4.81. The molecular weight excluding hydrogens is 270 g/mol. The standard InChI is InChI=1S/C14H17N5O2/c1-3-9(2)16-13-7-15-19-14(18-13)17-10-4-5-11-12(6-10)21-8-20-11/h4-7,9H,3,8H2,1-2H3,(H2,16,17,18,19). The minimum Gasteiger partial charge on any atom is -0.454 e. The van der Waals surface area contributed by atoms with Gasteiger partial charge in [-0.2, -0.15) is 10.1 Å². The Hall–Kier alpha value is -2.57. The van der Waals surface area contributed by atoms with E-state index in [0.29, 0.717) is 23.6 Å². The zero-order valence-corrected chi connectivity index (χ0v) is 12.0. The number of nitrogens with one attached hydrogen (secondary N) is 2. The molecule has 2 heterocycles. The quantitative estimate of drug-likeness (QED) is 0.874. The van der Waals surface area contributed by atoms with Crippen LogP contribution >= 0.6 is 0 Å². The predicted molar refractivity (Wildman–Crippen MR) is 79.1 cm³/mol. The van der Waals surface area contributed by atoms with Gasteiger partial charge >= 0.3 is 0 Å². The summed E-state index contributed by atoms with van der Waals surface area (Å²) in [5, 5.41) is 14.3. The van der Waals surface area contributed by atoms with Crippen molar-refractivity contribution in [2.45, 2.75) is 26.3 Å². The second-order valence-corrected chi connectivity index (χ2v) is 4.81. The fraction of sp³-hybridized carbons (Fsp3) is 0.357. The fourth-order valence-electron chi connectivity index (χ4n) is 1.88. The molecule has 0 radical (unpaired) electrons. The molecule has 0 spiro atoms. The molecule has 0 fully saturated rings. The molecule has 1 aliphatic heterocycles. The zero-order chi connectivity index (χ0) is 14.7. The first-order chi connectivity index (χ1) is 10.2. The lowest BCUT2D eigenvalue weighted by molar-refractivity contribution is 0.174. The maximum absolute atomic E-state index is 5.34. The minimum atomic E-state index is 0.255. The van der Waals surface area contributed by atoms with Crippen molar-refractivity contribution in [2.24, 2.45) is 0 Å². The van der Waals surface area contributed by atoms with Gasteiger partial charge in [-0.05, 0) is 25.5 Å². The van der Waals surface area contributed by atoms with Crippen LogP contribution in [0.25, 0.3) is 0 Å². The number of rotatable bonds is 5. The molecule has 110 valence electrons. The van der Waals surface area contributed by atoms with Gasteiger partial charge < -0.3 is 20.1 Å². The molecule has 0 saturated carbocycles. The van der Waals surface area contributed by atoms with E-state index in [-0.39, 0.29) is 6.79 Å². The highest BCUT2D eigenvalue weighted by Crippen LogP contribution is 2.34. The molecule has 0 bridgehead atoms. The van der Waals surface area contributed by atoms with Gasteiger partial charge in [-0.15, -0.1) is 5.10 Å². The average molecular weight is 287 g/mol. The third-order valence-electron chi connectivity index (χ3n) is 3.19. The van der Waals surface area contributed by atoms with Crippen molar-refractivity contribution in [3.8, 4) is 11.5 Å². The Kier molecular flexibility index (Phi) is 3.72. The van der Waals surface area contributed by atoms with Gasteiger partial charge in [0.25, 0.3) is 0 Å². The molecule has 0 aliphatic carbocycles. The normalized spacial score (nSPS) is 13.8. The summed E-state index contributed by atoms with van der Waals surface area (Å²) >= 11 is 0. The number of nitrogens with zero attached hydrogens (tertiary/aromatic N) is 3. The van der Waals surface area contributed by atoms with Crippen LogP contribution in [-0.4, -0.2) is 28.0 Å². The van der Waals surface area contributed by atoms with Crippen molar-refractivity contribution in [3.63, 3.8) is 0 Å². The molecule has 3 rings (SSSR count). The fourth-order valence-corrected chi connectivity index (χ4v) is 1.88. The van der Waals surface area contributed by atoms with Crippen LogP contribution in [0.15, 0.2) is 24.4 Å². The van der Waals surface area contributed by atoms with Crippen LogP contribution in [-0.2, 0) is 0 Å². The number of fused-ring (bicyclic) bond motifs is 1. The monoisotopic (exact) mass is 287 g/mol. The van der Waals surface area contributed by atoms with Crippen LogP contribution < -0.4 is 20.1 Å². The molecule has 2 N–H and O–H groups in total. The first-order valence-electron chi connectivity index (χ1n) is 6.87. The van der Waals surface area contributed by atoms with Crippen molar-refractivity contribution < 1.29 is 9.47 Å². The number of ether oxygens (including phenoxy) is 2. The van der Waals surface area contributed by atoms with E-state index in [2.05, 4.69) is 39.7 Å². The second kappa shape index (κ2) is 5.82. The maximum atomic E-state index is 5.34. The summed E-state index contributed by atoms with van der Waals surface area (Å²) in [6.45, 7) is 4.45. The van der Waals surface area contributed by atoms with Crippen molar-refractivity contribution in [1.29, 1.82) is 0 Å². The number of hydrogen-bond donors (Lipinski definition) is 2. The Balaban J connectivity index is 1.74. The zero-order valence-electron chi connectivity index (χ0n) is 12.0. The molecule has 0 saturated heterocycles. The van der Waals surface area contributed by atoms with Gasteiger partial charge in [-0.1, -0.05) is 6.92 Å². The molecule has 21 heavy (non-hydrogen) atoms. The predicted octanol–water partition coefficient (Wildman–Crippen LogP) is 2.55. The van der Waals surface area contributed by atoms with E-state index in [1.807, 2.05) is 18.2 Å². The van der Waals surface area contributed by atoms with Gasteiger partial charge in [0.05, 0.1) is 6.20 Å². The highest BCUT2D eigenvalue weighted by atomic mass is 16.7. The van der Waals surface area contributed by atoms with E-state index in [1.165, 1.54) is 0 Å². The Morgan fingerprint density at radius 2 is 2.14 bits per heavy atom. The molecule has 7 heteroatoms. The summed E-state index contributed by atoms with van der Waals surface area (Å²) in [7, 11) is 0. The smallest absolute Gasteiger partial charge is 0.249 e. The van der Waals surface area contributed by atoms with Crippen LogP contribution in [0.1, 0.15) is 20.3 Å². The van der Waals surface area contributed by atoms with Crippen molar-refractivity contribution in [3.05, 3.63) is 24.4 Å². The van der Waals surface area contributed by atoms with E-state index < -0.39 is 0 Å². The Morgan fingerprint density at radius 1 is 1.29 bits per heavy atom. The van der Waals surface area contributed by atoms with Gasteiger partial charge in [0.2, 0.25) is 12.7 Å². The number of benzene rings is 1. The Bertz CT molecular complexity index is 635. The van der Waals surface area contributed by atoms with Crippen molar-refractivity contribution >= 4 is 17.5 Å². The average Bonchev–Trinajstić information content (AvgIpc) is 2.95. The van der Waals surface area contributed by atoms with Gasteiger partial charge in [0.1, 0.15) is 0 Å². The first-order valence-corrected chi connectivity index (χ1v) is 6.87. The maximum Gasteiger partial charge on any atom is 0.249 e. The lowest BCUT2D eigenvalue weighted by atomic mass is 10.3. The van der Waals surface area contributed by atoms with Crippen molar-refractivity contribution in [2.75, 3.05) is 17.4 Å². The molecule has 1 unspecified atom stereocenters. The van der Waals surface area contributed by atoms with Crippen molar-refractivity contribution in [1.82, 2.24) is 15.2 Å². The third-order valence-corrected chi connectivity index (χ3v) is 3.19.